The van der Waals surface area contributed by atoms with Gasteiger partial charge in [-0.25, -0.2) is 19.9 Å². The van der Waals surface area contributed by atoms with E-state index in [1.807, 2.05) is 4.90 Å². The maximum atomic E-state index is 13.1. The number of nitrogens with one attached hydrogen (secondary N) is 1. The zero-order valence-corrected chi connectivity index (χ0v) is 15.7. The predicted octanol–water partition coefficient (Wildman–Crippen LogP) is 0.825. The van der Waals surface area contributed by atoms with Gasteiger partial charge < -0.3 is 10.2 Å². The molecule has 1 N–H and O–H groups in total. The third kappa shape index (κ3) is 3.22. The lowest BCUT2D eigenvalue weighted by Crippen LogP contribution is -2.64. The van der Waals surface area contributed by atoms with Crippen LogP contribution in [0, 0.1) is 0 Å². The van der Waals surface area contributed by atoms with Crippen LogP contribution in [-0.4, -0.2) is 73.9 Å². The van der Waals surface area contributed by atoms with Crippen molar-refractivity contribution in [3.63, 3.8) is 0 Å². The average Bonchev–Trinajstić information content (AvgIpc) is 3.17. The quantitative estimate of drug-likeness (QED) is 0.659. The van der Waals surface area contributed by atoms with E-state index in [4.69, 9.17) is 0 Å². The molecule has 5 heterocycles. The monoisotopic (exact) mass is 418 g/mol. The summed E-state index contributed by atoms with van der Waals surface area (Å²) >= 11 is 0. The molecule has 5 rings (SSSR count). The van der Waals surface area contributed by atoms with Gasteiger partial charge in [-0.1, -0.05) is 0 Å². The number of halogens is 3. The van der Waals surface area contributed by atoms with Crippen LogP contribution in [0.1, 0.15) is 5.69 Å². The summed E-state index contributed by atoms with van der Waals surface area (Å²) in [5.74, 6) is 0.849. The molecule has 0 radical (unpaired) electrons. The molecule has 12 heteroatoms. The van der Waals surface area contributed by atoms with Gasteiger partial charge in [0.1, 0.15) is 17.6 Å². The topological polar surface area (TPSA) is 91.5 Å². The number of aromatic nitrogens is 5. The summed E-state index contributed by atoms with van der Waals surface area (Å²) in [7, 11) is 0. The summed E-state index contributed by atoms with van der Waals surface area (Å²) in [6.45, 7) is 3.37. The van der Waals surface area contributed by atoms with Gasteiger partial charge in [0.25, 0.3) is 0 Å². The molecule has 0 aromatic carbocycles. The molecule has 1 unspecified atom stereocenters. The number of piperazine rings is 2. The fourth-order valence-corrected chi connectivity index (χ4v) is 3.84. The number of hydrogen-bond acceptors (Lipinski definition) is 7. The summed E-state index contributed by atoms with van der Waals surface area (Å²) in [5, 5.41) is 2.88. The molecule has 2 aliphatic heterocycles. The van der Waals surface area contributed by atoms with Crippen molar-refractivity contribution in [2.24, 2.45) is 0 Å². The van der Waals surface area contributed by atoms with Crippen LogP contribution in [0.25, 0.3) is 17.2 Å². The van der Waals surface area contributed by atoms with Crippen LogP contribution < -0.4 is 10.2 Å². The number of rotatable bonds is 2. The Morgan fingerprint density at radius 1 is 1.10 bits per heavy atom. The molecule has 3 aromatic heterocycles. The van der Waals surface area contributed by atoms with Crippen molar-refractivity contribution in [3.05, 3.63) is 36.5 Å². The highest BCUT2D eigenvalue weighted by molar-refractivity contribution is 5.83. The van der Waals surface area contributed by atoms with Gasteiger partial charge in [-0.15, -0.1) is 0 Å². The molecule has 0 spiro atoms. The number of amides is 1. The number of hydrogen-bond donors (Lipinski definition) is 1. The van der Waals surface area contributed by atoms with E-state index in [1.165, 1.54) is 10.6 Å². The first-order valence-corrected chi connectivity index (χ1v) is 9.40. The highest BCUT2D eigenvalue weighted by atomic mass is 19.4. The van der Waals surface area contributed by atoms with Gasteiger partial charge in [0.2, 0.25) is 5.91 Å². The zero-order chi connectivity index (χ0) is 20.9. The fourth-order valence-electron chi connectivity index (χ4n) is 3.84. The summed E-state index contributed by atoms with van der Waals surface area (Å²) < 4.78 is 40.5. The molecule has 2 saturated heterocycles. The van der Waals surface area contributed by atoms with Crippen LogP contribution in [0.2, 0.25) is 0 Å². The third-order valence-electron chi connectivity index (χ3n) is 5.37. The minimum absolute atomic E-state index is 0.00538. The van der Waals surface area contributed by atoms with E-state index in [0.717, 1.165) is 25.5 Å². The Morgan fingerprint density at radius 3 is 2.80 bits per heavy atom. The normalized spacial score (nSPS) is 20.3. The molecule has 2 aliphatic rings. The van der Waals surface area contributed by atoms with E-state index < -0.39 is 11.9 Å². The van der Waals surface area contributed by atoms with E-state index in [2.05, 4.69) is 30.2 Å². The Balaban J connectivity index is 1.48. The van der Waals surface area contributed by atoms with Crippen molar-refractivity contribution in [2.45, 2.75) is 12.2 Å². The van der Waals surface area contributed by atoms with Crippen LogP contribution in [0.15, 0.2) is 30.9 Å². The molecular weight excluding hydrogens is 401 g/mol. The minimum Gasteiger partial charge on any atom is -0.353 e. The van der Waals surface area contributed by atoms with Crippen LogP contribution in [0.5, 0.6) is 0 Å². The van der Waals surface area contributed by atoms with Crippen molar-refractivity contribution >= 4 is 17.4 Å². The van der Waals surface area contributed by atoms with Gasteiger partial charge >= 0.3 is 6.18 Å². The molecule has 0 aliphatic carbocycles. The van der Waals surface area contributed by atoms with Crippen LogP contribution >= 0.6 is 0 Å². The first-order valence-electron chi connectivity index (χ1n) is 9.40. The molecule has 2 fully saturated rings. The first kappa shape index (κ1) is 18.7. The van der Waals surface area contributed by atoms with E-state index in [0.29, 0.717) is 31.1 Å². The first-order chi connectivity index (χ1) is 14.4. The number of nitrogens with zero attached hydrogens (tertiary/aromatic N) is 7. The Labute approximate surface area is 168 Å². The van der Waals surface area contributed by atoms with Crippen molar-refractivity contribution in [1.82, 2.24) is 34.6 Å². The largest absolute Gasteiger partial charge is 0.434 e. The van der Waals surface area contributed by atoms with E-state index in [1.54, 1.807) is 12.3 Å². The highest BCUT2D eigenvalue weighted by Crippen LogP contribution is 2.29. The van der Waals surface area contributed by atoms with Crippen LogP contribution in [0.4, 0.5) is 19.0 Å². The molecule has 1 atom stereocenters. The van der Waals surface area contributed by atoms with Gasteiger partial charge in [0, 0.05) is 45.1 Å². The lowest BCUT2D eigenvalue weighted by molar-refractivity contribution is -0.141. The van der Waals surface area contributed by atoms with Crippen LogP contribution in [0.3, 0.4) is 0 Å². The molecular formula is C18H17F3N8O. The standard InChI is InChI=1S/C18H17F3N8O/c19-18(20,21)13-10-29-11(7-25-15(29)8-24-13)16-22-2-1-14(26-16)28-6-5-27-4-3-23-17(30)12(27)9-28/h1-2,7-8,10,12H,3-6,9H2,(H,23,30). The Bertz CT molecular complexity index is 1110. The molecule has 1 amide bonds. The lowest BCUT2D eigenvalue weighted by Gasteiger charge is -2.43. The van der Waals surface area contributed by atoms with Crippen molar-refractivity contribution < 1.29 is 18.0 Å². The Kier molecular flexibility index (Phi) is 4.31. The summed E-state index contributed by atoms with van der Waals surface area (Å²) in [4.78, 5) is 32.6. The Morgan fingerprint density at radius 2 is 1.97 bits per heavy atom. The number of carbonyl (C=O) groups excluding carboxylic acids is 1. The molecule has 30 heavy (non-hydrogen) atoms. The summed E-state index contributed by atoms with van der Waals surface area (Å²) in [6.07, 6.45) is 0.355. The molecule has 9 nitrogen and oxygen atoms in total. The molecule has 0 saturated carbocycles. The van der Waals surface area contributed by atoms with Gasteiger partial charge in [0.15, 0.2) is 17.2 Å². The molecule has 3 aromatic rings. The number of alkyl halides is 3. The summed E-state index contributed by atoms with van der Waals surface area (Å²) in [5.41, 5.74) is -0.432. The minimum atomic E-state index is -4.57. The fraction of sp³-hybridized carbons (Fsp3) is 0.389. The maximum Gasteiger partial charge on any atom is 0.434 e. The second-order valence-electron chi connectivity index (χ2n) is 7.17. The van der Waals surface area contributed by atoms with Crippen molar-refractivity contribution in [1.29, 1.82) is 0 Å². The van der Waals surface area contributed by atoms with E-state index >= 15 is 0 Å². The number of imidazole rings is 1. The number of anilines is 1. The van der Waals surface area contributed by atoms with E-state index in [9.17, 15) is 18.0 Å². The predicted molar refractivity (Wildman–Crippen MR) is 99.6 cm³/mol. The van der Waals surface area contributed by atoms with Gasteiger partial charge in [0.05, 0.1) is 12.4 Å². The lowest BCUT2D eigenvalue weighted by atomic mass is 10.1. The zero-order valence-electron chi connectivity index (χ0n) is 15.7. The maximum absolute atomic E-state index is 13.1. The van der Waals surface area contributed by atoms with Crippen LogP contribution in [-0.2, 0) is 11.0 Å². The van der Waals surface area contributed by atoms with Gasteiger partial charge in [-0.05, 0) is 6.07 Å². The SMILES string of the molecule is O=C1NCCN2CCN(c3ccnc(-c4cnc5cnc(C(F)(F)F)cn45)n3)CC12. The molecule has 156 valence electrons. The van der Waals surface area contributed by atoms with Gasteiger partial charge in [-0.2, -0.15) is 13.2 Å². The Hall–Kier alpha value is -3.28. The average molecular weight is 418 g/mol. The van der Waals surface area contributed by atoms with Crippen molar-refractivity contribution in [2.75, 3.05) is 37.6 Å². The smallest absolute Gasteiger partial charge is 0.353 e. The number of fused-ring (bicyclic) bond motifs is 2. The highest BCUT2D eigenvalue weighted by Gasteiger charge is 2.35. The third-order valence-corrected chi connectivity index (χ3v) is 5.37. The second kappa shape index (κ2) is 6.90. The van der Waals surface area contributed by atoms with E-state index in [-0.39, 0.29) is 23.4 Å². The second-order valence-corrected chi connectivity index (χ2v) is 7.17. The number of carbonyl (C=O) groups is 1. The molecule has 0 bridgehead atoms. The van der Waals surface area contributed by atoms with Crippen molar-refractivity contribution in [3.8, 4) is 11.5 Å². The summed E-state index contributed by atoms with van der Waals surface area (Å²) in [6, 6.07) is 1.48. The van der Waals surface area contributed by atoms with Gasteiger partial charge in [-0.3, -0.25) is 14.1 Å².